The van der Waals surface area contributed by atoms with Crippen molar-refractivity contribution < 1.29 is 19.4 Å². The fraction of sp³-hybridized carbons (Fsp3) is 0.345. The molecule has 0 fully saturated rings. The minimum atomic E-state index is -0.858. The van der Waals surface area contributed by atoms with Crippen LogP contribution in [0.25, 0.3) is 0 Å². The van der Waals surface area contributed by atoms with Crippen LogP contribution in [0.15, 0.2) is 79.1 Å². The zero-order valence-electron chi connectivity index (χ0n) is 20.1. The number of amides is 1. The lowest BCUT2D eigenvalue weighted by Gasteiger charge is -2.18. The van der Waals surface area contributed by atoms with E-state index in [-0.39, 0.29) is 18.4 Å². The average Bonchev–Trinajstić information content (AvgIpc) is 2.87. The summed E-state index contributed by atoms with van der Waals surface area (Å²) in [4.78, 5) is 27.7. The quantitative estimate of drug-likeness (QED) is 0.265. The van der Waals surface area contributed by atoms with E-state index in [1.165, 1.54) is 5.56 Å². The van der Waals surface area contributed by atoms with E-state index in [1.807, 2.05) is 42.5 Å². The number of carboxylic acid groups (broad SMARTS) is 1. The summed E-state index contributed by atoms with van der Waals surface area (Å²) in [6, 6.07) is 21.5. The van der Waals surface area contributed by atoms with Crippen LogP contribution >= 0.6 is 0 Å². The van der Waals surface area contributed by atoms with E-state index < -0.39 is 5.97 Å². The van der Waals surface area contributed by atoms with Crippen molar-refractivity contribution in [3.05, 3.63) is 90.3 Å². The molecule has 184 valence electrons. The van der Waals surface area contributed by atoms with Gasteiger partial charge in [-0.05, 0) is 67.5 Å². The fourth-order valence-corrected chi connectivity index (χ4v) is 3.96. The summed E-state index contributed by atoms with van der Waals surface area (Å²) in [5, 5.41) is 12.2. The molecule has 1 amide bonds. The van der Waals surface area contributed by atoms with Crippen molar-refractivity contribution in [1.29, 1.82) is 0 Å². The predicted octanol–water partition coefficient (Wildman–Crippen LogP) is 5.96. The topological polar surface area (TPSA) is 88.5 Å². The number of hydrogen-bond acceptors (Lipinski definition) is 4. The standard InChI is InChI=1S/C29H34N2O4/c32-28(13-7-2-1-4-9-23-10-5-3-6-11-23)31-25(16-19-29(33)34)21-24-14-17-26(18-15-24)35-27-12-8-20-30-22-27/h3,5-6,8,10-12,14-15,17-18,20,22,25H,1-2,4,7,9,13,16,19,21H2,(H,31,32)(H,33,34)/t25-/m0/s1. The molecule has 2 N–H and O–H groups in total. The van der Waals surface area contributed by atoms with Crippen LogP contribution in [-0.4, -0.2) is 28.0 Å². The first-order valence-electron chi connectivity index (χ1n) is 12.3. The maximum atomic E-state index is 12.5. The van der Waals surface area contributed by atoms with Crippen LogP contribution in [0, 0.1) is 0 Å². The number of benzene rings is 2. The molecule has 0 saturated heterocycles. The van der Waals surface area contributed by atoms with E-state index in [9.17, 15) is 9.59 Å². The predicted molar refractivity (Wildman–Crippen MR) is 136 cm³/mol. The molecular formula is C29H34N2O4. The number of rotatable bonds is 15. The minimum Gasteiger partial charge on any atom is -0.481 e. The lowest BCUT2D eigenvalue weighted by Crippen LogP contribution is -2.36. The van der Waals surface area contributed by atoms with Gasteiger partial charge in [0.2, 0.25) is 5.91 Å². The fourth-order valence-electron chi connectivity index (χ4n) is 3.96. The summed E-state index contributed by atoms with van der Waals surface area (Å²) >= 11 is 0. The molecule has 2 aromatic carbocycles. The molecule has 3 rings (SSSR count). The molecule has 0 spiro atoms. The molecule has 0 radical (unpaired) electrons. The van der Waals surface area contributed by atoms with Gasteiger partial charge in [-0.2, -0.15) is 0 Å². The Bertz CT molecular complexity index is 1020. The first kappa shape index (κ1) is 25.9. The zero-order valence-corrected chi connectivity index (χ0v) is 20.1. The number of carbonyl (C=O) groups excluding carboxylic acids is 1. The second kappa shape index (κ2) is 14.6. The lowest BCUT2D eigenvalue weighted by atomic mass is 10.0. The number of nitrogens with one attached hydrogen (secondary N) is 1. The van der Waals surface area contributed by atoms with Gasteiger partial charge in [0.1, 0.15) is 11.5 Å². The van der Waals surface area contributed by atoms with E-state index in [0.717, 1.165) is 37.7 Å². The van der Waals surface area contributed by atoms with Crippen molar-refractivity contribution >= 4 is 11.9 Å². The third kappa shape index (κ3) is 10.4. The number of aliphatic carboxylic acids is 1. The molecule has 1 atom stereocenters. The number of nitrogens with zero attached hydrogens (tertiary/aromatic N) is 1. The van der Waals surface area contributed by atoms with E-state index in [0.29, 0.717) is 30.8 Å². The first-order valence-corrected chi connectivity index (χ1v) is 12.3. The van der Waals surface area contributed by atoms with Crippen LogP contribution in [-0.2, 0) is 22.4 Å². The molecule has 0 unspecified atom stereocenters. The molecule has 0 aliphatic carbocycles. The van der Waals surface area contributed by atoms with Gasteiger partial charge in [0.25, 0.3) is 0 Å². The molecule has 1 aromatic heterocycles. The van der Waals surface area contributed by atoms with E-state index in [1.54, 1.807) is 12.4 Å². The van der Waals surface area contributed by atoms with E-state index in [2.05, 4.69) is 34.6 Å². The van der Waals surface area contributed by atoms with Crippen LogP contribution in [0.1, 0.15) is 56.1 Å². The monoisotopic (exact) mass is 474 g/mol. The summed E-state index contributed by atoms with van der Waals surface area (Å²) < 4.78 is 5.77. The maximum absolute atomic E-state index is 12.5. The maximum Gasteiger partial charge on any atom is 0.303 e. The first-order chi connectivity index (χ1) is 17.1. The number of carboxylic acids is 1. The molecule has 6 heteroatoms. The smallest absolute Gasteiger partial charge is 0.303 e. The normalized spacial score (nSPS) is 11.5. The van der Waals surface area contributed by atoms with Gasteiger partial charge in [-0.1, -0.05) is 55.3 Å². The molecule has 35 heavy (non-hydrogen) atoms. The second-order valence-electron chi connectivity index (χ2n) is 8.74. The van der Waals surface area contributed by atoms with Gasteiger partial charge in [0.15, 0.2) is 0 Å². The highest BCUT2D eigenvalue weighted by molar-refractivity contribution is 5.76. The molecular weight excluding hydrogens is 440 g/mol. The SMILES string of the molecule is O=C(O)CC[C@@H](Cc1ccc(Oc2cccnc2)cc1)NC(=O)CCCCCCc1ccccc1. The van der Waals surface area contributed by atoms with Crippen LogP contribution in [0.4, 0.5) is 0 Å². The molecule has 6 nitrogen and oxygen atoms in total. The van der Waals surface area contributed by atoms with E-state index >= 15 is 0 Å². The highest BCUT2D eigenvalue weighted by atomic mass is 16.5. The second-order valence-corrected chi connectivity index (χ2v) is 8.74. The van der Waals surface area contributed by atoms with Crippen molar-refractivity contribution in [1.82, 2.24) is 10.3 Å². The Kier molecular flexibility index (Phi) is 10.8. The molecule has 0 aliphatic rings. The Morgan fingerprint density at radius 1 is 0.829 bits per heavy atom. The summed E-state index contributed by atoms with van der Waals surface area (Å²) in [5.74, 6) is 0.481. The summed E-state index contributed by atoms with van der Waals surface area (Å²) in [6.07, 6.45) is 9.92. The summed E-state index contributed by atoms with van der Waals surface area (Å²) in [7, 11) is 0. The van der Waals surface area contributed by atoms with Gasteiger partial charge in [0, 0.05) is 25.1 Å². The Morgan fingerprint density at radius 3 is 2.31 bits per heavy atom. The van der Waals surface area contributed by atoms with Crippen LogP contribution in [0.2, 0.25) is 0 Å². The largest absolute Gasteiger partial charge is 0.481 e. The molecule has 3 aromatic rings. The third-order valence-corrected chi connectivity index (χ3v) is 5.81. The number of carbonyl (C=O) groups is 2. The van der Waals surface area contributed by atoms with Crippen molar-refractivity contribution in [2.75, 3.05) is 0 Å². The van der Waals surface area contributed by atoms with Gasteiger partial charge in [-0.25, -0.2) is 0 Å². The van der Waals surface area contributed by atoms with Gasteiger partial charge in [-0.3, -0.25) is 14.6 Å². The van der Waals surface area contributed by atoms with Crippen molar-refractivity contribution in [2.24, 2.45) is 0 Å². The Morgan fingerprint density at radius 2 is 1.60 bits per heavy atom. The molecule has 0 aliphatic heterocycles. The Balaban J connectivity index is 1.41. The third-order valence-electron chi connectivity index (χ3n) is 5.81. The number of aryl methyl sites for hydroxylation is 1. The number of unbranched alkanes of at least 4 members (excludes halogenated alkanes) is 3. The Labute approximate surface area is 207 Å². The molecule has 1 heterocycles. The molecule has 0 saturated carbocycles. The number of pyridine rings is 1. The minimum absolute atomic E-state index is 0.0139. The van der Waals surface area contributed by atoms with Gasteiger partial charge < -0.3 is 15.2 Å². The number of ether oxygens (including phenoxy) is 1. The van der Waals surface area contributed by atoms with E-state index in [4.69, 9.17) is 9.84 Å². The summed E-state index contributed by atoms with van der Waals surface area (Å²) in [5.41, 5.74) is 2.36. The van der Waals surface area contributed by atoms with Crippen molar-refractivity contribution in [2.45, 2.75) is 63.8 Å². The molecule has 0 bridgehead atoms. The zero-order chi connectivity index (χ0) is 24.7. The van der Waals surface area contributed by atoms with Gasteiger partial charge in [-0.15, -0.1) is 0 Å². The van der Waals surface area contributed by atoms with Gasteiger partial charge >= 0.3 is 5.97 Å². The van der Waals surface area contributed by atoms with Crippen LogP contribution < -0.4 is 10.1 Å². The van der Waals surface area contributed by atoms with Crippen molar-refractivity contribution in [3.63, 3.8) is 0 Å². The lowest BCUT2D eigenvalue weighted by molar-refractivity contribution is -0.137. The highest BCUT2D eigenvalue weighted by Crippen LogP contribution is 2.21. The van der Waals surface area contributed by atoms with Crippen molar-refractivity contribution in [3.8, 4) is 11.5 Å². The highest BCUT2D eigenvalue weighted by Gasteiger charge is 2.15. The average molecular weight is 475 g/mol. The van der Waals surface area contributed by atoms with Crippen LogP contribution in [0.3, 0.4) is 0 Å². The van der Waals surface area contributed by atoms with Crippen LogP contribution in [0.5, 0.6) is 11.5 Å². The van der Waals surface area contributed by atoms with Gasteiger partial charge in [0.05, 0.1) is 6.20 Å². The number of hydrogen-bond donors (Lipinski definition) is 2. The number of aromatic nitrogens is 1. The summed E-state index contributed by atoms with van der Waals surface area (Å²) in [6.45, 7) is 0. The Hall–Kier alpha value is -3.67.